The van der Waals surface area contributed by atoms with Gasteiger partial charge in [-0.2, -0.15) is 0 Å². The van der Waals surface area contributed by atoms with Crippen molar-refractivity contribution in [1.82, 2.24) is 54.8 Å². The van der Waals surface area contributed by atoms with E-state index >= 15 is 0 Å². The summed E-state index contributed by atoms with van der Waals surface area (Å²) in [6.07, 6.45) is 0. The summed E-state index contributed by atoms with van der Waals surface area (Å²) in [6, 6.07) is 149. The van der Waals surface area contributed by atoms with Crippen LogP contribution in [-0.4, -0.2) is 54.8 Å². The van der Waals surface area contributed by atoms with Gasteiger partial charge in [-0.05, 0) is 108 Å². The van der Waals surface area contributed by atoms with Crippen LogP contribution in [0.25, 0.3) is 269 Å². The van der Waals surface area contributed by atoms with E-state index in [0.29, 0.717) is 40.8 Å². The van der Waals surface area contributed by atoms with Crippen LogP contribution in [0.4, 0.5) is 0 Å². The number of thiophene rings is 3. The highest BCUT2D eigenvalue weighted by Gasteiger charge is 2.27. The first kappa shape index (κ1) is 82.8. The lowest BCUT2D eigenvalue weighted by Crippen LogP contribution is -2.00. The Morgan fingerprint density at radius 1 is 0.158 bits per heavy atom. The van der Waals surface area contributed by atoms with E-state index in [-0.39, 0.29) is 0 Å². The Balaban J connectivity index is 0.000000109. The fraction of sp³-hybridized carbons (Fsp3) is 0. The molecule has 0 saturated carbocycles. The molecule has 0 N–H and O–H groups in total. The van der Waals surface area contributed by atoms with E-state index in [1.54, 1.807) is 56.7 Å². The van der Waals surface area contributed by atoms with Crippen molar-refractivity contribution in [2.45, 2.75) is 0 Å². The zero-order valence-corrected chi connectivity index (χ0v) is 78.7. The minimum atomic E-state index is 0.607. The third kappa shape index (κ3) is 15.5. The molecule has 0 unspecified atom stereocenters. The number of rotatable bonds is 14. The highest BCUT2D eigenvalue weighted by atomic mass is 32.1. The van der Waals surface area contributed by atoms with Crippen LogP contribution >= 0.6 is 68.0 Å². The SMILES string of the molecule is c1ccc(-c2ccc(-c3cc(-c4ccccc4)nc(-c4cccc5sc6cccc(-c7nc8ccccc8s7)c6c45)n3)cc2)cc1.c1ccc(-c2nc(-c3cccc(-c4cccc5c4oc4ccccc45)c3)nc(-c3cccc4sc5cccc(-c6nc7ccccc7s6)c5c34)n2)cc1.c1ccc(-c2nc(-c3ccccc3)nc(-c3cccc4sc5cccc(-c6nc7ccccc7s6)c5c34)n2)cc1. The Morgan fingerprint density at radius 3 is 0.849 bits per heavy atom. The Morgan fingerprint density at radius 2 is 0.432 bits per heavy atom. The van der Waals surface area contributed by atoms with Crippen molar-refractivity contribution in [3.63, 3.8) is 0 Å². The molecular weight excluding hydrogens is 1820 g/mol. The maximum atomic E-state index is 6.42. The van der Waals surface area contributed by atoms with Crippen LogP contribution < -0.4 is 0 Å². The predicted octanol–water partition coefficient (Wildman–Crippen LogP) is 34.4. The normalized spacial score (nSPS) is 11.6. The van der Waals surface area contributed by atoms with Gasteiger partial charge in [0.25, 0.3) is 0 Å². The summed E-state index contributed by atoms with van der Waals surface area (Å²) in [7, 11) is 0. The highest BCUT2D eigenvalue weighted by molar-refractivity contribution is 7.27. The number of benzene rings is 18. The molecule has 652 valence electrons. The zero-order valence-electron chi connectivity index (χ0n) is 73.8. The summed E-state index contributed by atoms with van der Waals surface area (Å²) < 4.78 is 17.2. The van der Waals surface area contributed by atoms with Gasteiger partial charge in [0.05, 0.1) is 42.0 Å². The lowest BCUT2D eigenvalue weighted by atomic mass is 10.00. The van der Waals surface area contributed by atoms with E-state index in [4.69, 9.17) is 59.2 Å². The molecule has 10 heterocycles. The molecule has 0 saturated heterocycles. The topological polar surface area (TPSA) is 155 Å². The first-order chi connectivity index (χ1) is 68.8. The van der Waals surface area contributed by atoms with Crippen LogP contribution in [-0.2, 0) is 0 Å². The second-order valence-electron chi connectivity index (χ2n) is 33.7. The Bertz CT molecular complexity index is 9460. The number of nitrogens with zero attached hydrogens (tertiary/aromatic N) is 11. The second-order valence-corrected chi connectivity index (χ2v) is 40.0. The molecule has 0 aliphatic heterocycles. The van der Waals surface area contributed by atoms with Gasteiger partial charge in [0.1, 0.15) is 26.2 Å². The molecule has 28 aromatic rings. The lowest BCUT2D eigenvalue weighted by Gasteiger charge is -2.11. The van der Waals surface area contributed by atoms with Crippen molar-refractivity contribution in [2.75, 3.05) is 0 Å². The van der Waals surface area contributed by atoms with Crippen molar-refractivity contribution in [3.8, 4) is 156 Å². The largest absolute Gasteiger partial charge is 0.455 e. The molecule has 0 spiro atoms. The van der Waals surface area contributed by atoms with E-state index in [1.807, 2.05) is 145 Å². The van der Waals surface area contributed by atoms with E-state index in [2.05, 4.69) is 297 Å². The van der Waals surface area contributed by atoms with Crippen LogP contribution in [0.5, 0.6) is 0 Å². The van der Waals surface area contributed by atoms with E-state index in [0.717, 1.165) is 154 Å². The van der Waals surface area contributed by atoms with Gasteiger partial charge in [0, 0.05) is 144 Å². The standard InChI is InChI=1S/C46H26N4OS2.C41H25N3S2.C34H20N4S2/c1-2-12-27(13-3-1)43-48-44(29-15-8-14-28(26-29)30-17-9-18-32-31-16-4-6-22-36(31)51-42(30)32)50-45(49-43)33-19-10-24-38-40(33)41-34(20-11-25-39(41)52-38)46-47-35-21-5-7-23-37(35)53-46;1-3-11-26(12-4-1)27-21-23-29(24-22-27)34-25-33(28-13-5-2-6-14-28)42-40(43-34)30-15-9-19-36-38(30)39-31(16-10-20-37(39)45-36)41-44-32-17-7-8-18-35(32)46-41;1-3-11-21(12-4-1)31-36-32(22-13-5-2-6-14-22)38-33(37-31)23-15-9-19-27-29(23)30-24(16-10-20-28(30)39-27)34-35-25-17-7-8-18-26(25)40-34/h1-26H;1-25H;1-20H. The summed E-state index contributed by atoms with van der Waals surface area (Å²) in [6.45, 7) is 0. The van der Waals surface area contributed by atoms with Crippen LogP contribution in [0.1, 0.15) is 0 Å². The van der Waals surface area contributed by atoms with Crippen LogP contribution in [0.15, 0.2) is 435 Å². The van der Waals surface area contributed by atoms with Gasteiger partial charge in [-0.25, -0.2) is 54.8 Å². The summed E-state index contributed by atoms with van der Waals surface area (Å²) in [4.78, 5) is 56.1. The summed E-state index contributed by atoms with van der Waals surface area (Å²) in [5.74, 6) is 4.56. The molecule has 18 aromatic carbocycles. The average molecular weight is 1890 g/mol. The second kappa shape index (κ2) is 35.5. The first-order valence-corrected chi connectivity index (χ1v) is 50.5. The van der Waals surface area contributed by atoms with Crippen LogP contribution in [0, 0.1) is 0 Å². The molecule has 10 aromatic heterocycles. The molecule has 0 amide bonds. The lowest BCUT2D eigenvalue weighted by molar-refractivity contribution is 0.670. The Labute approximate surface area is 820 Å². The summed E-state index contributed by atoms with van der Waals surface area (Å²) in [5.41, 5.74) is 23.3. The molecule has 0 fully saturated rings. The number of fused-ring (bicyclic) bond motifs is 15. The number of hydrogen-bond donors (Lipinski definition) is 0. The quantitative estimate of drug-likeness (QED) is 0.102. The molecule has 0 atom stereocenters. The van der Waals surface area contributed by atoms with Crippen molar-refractivity contribution in [1.29, 1.82) is 0 Å². The van der Waals surface area contributed by atoms with Crippen LogP contribution in [0.3, 0.4) is 0 Å². The number of aromatic nitrogens is 11. The van der Waals surface area contributed by atoms with Gasteiger partial charge in [-0.3, -0.25) is 0 Å². The predicted molar refractivity (Wildman–Crippen MR) is 583 cm³/mol. The first-order valence-electron chi connectivity index (χ1n) is 45.6. The number of furan rings is 1. The van der Waals surface area contributed by atoms with Gasteiger partial charge in [-0.1, -0.05) is 340 Å². The van der Waals surface area contributed by atoms with E-state index in [1.165, 1.54) is 75.0 Å². The van der Waals surface area contributed by atoms with Crippen LogP contribution in [0.2, 0.25) is 0 Å². The van der Waals surface area contributed by atoms with Crippen molar-refractivity contribution in [3.05, 3.63) is 431 Å². The fourth-order valence-electron chi connectivity index (χ4n) is 18.7. The van der Waals surface area contributed by atoms with Gasteiger partial charge < -0.3 is 4.42 Å². The van der Waals surface area contributed by atoms with Gasteiger partial charge in [0.15, 0.2) is 40.8 Å². The summed E-state index contributed by atoms with van der Waals surface area (Å²) >= 11 is 10.6. The fourth-order valence-corrected chi connectivity index (χ4v) is 25.1. The molecule has 0 aliphatic rings. The molecule has 139 heavy (non-hydrogen) atoms. The Kier molecular flexibility index (Phi) is 21.1. The molecule has 12 nitrogen and oxygen atoms in total. The zero-order chi connectivity index (χ0) is 91.8. The van der Waals surface area contributed by atoms with E-state index in [9.17, 15) is 0 Å². The third-order valence-electron chi connectivity index (χ3n) is 25.1. The summed E-state index contributed by atoms with van der Waals surface area (Å²) in [5, 5.41) is 12.3. The van der Waals surface area contributed by atoms with Gasteiger partial charge in [0.2, 0.25) is 0 Å². The molecular formula is C121H71N11OS6. The number of para-hydroxylation sites is 5. The molecule has 0 bridgehead atoms. The van der Waals surface area contributed by atoms with Gasteiger partial charge >= 0.3 is 0 Å². The average Bonchev–Trinajstić information content (AvgIpc) is 1.60. The number of thiazole rings is 3. The third-order valence-corrected chi connectivity index (χ3v) is 31.7. The molecule has 0 aliphatic carbocycles. The maximum Gasteiger partial charge on any atom is 0.164 e. The Hall–Kier alpha value is -16.8. The van der Waals surface area contributed by atoms with Crippen molar-refractivity contribution >= 4 is 181 Å². The minimum absolute atomic E-state index is 0.607. The monoisotopic (exact) mass is 1890 g/mol. The molecule has 0 radical (unpaired) electrons. The molecule has 28 rings (SSSR count). The highest BCUT2D eigenvalue weighted by Crippen LogP contribution is 2.51. The minimum Gasteiger partial charge on any atom is -0.455 e. The van der Waals surface area contributed by atoms with E-state index < -0.39 is 0 Å². The van der Waals surface area contributed by atoms with Gasteiger partial charge in [-0.15, -0.1) is 68.0 Å². The number of hydrogen-bond acceptors (Lipinski definition) is 18. The maximum absolute atomic E-state index is 6.42. The smallest absolute Gasteiger partial charge is 0.164 e. The van der Waals surface area contributed by atoms with Crippen molar-refractivity contribution in [2.24, 2.45) is 0 Å². The molecule has 18 heteroatoms. The van der Waals surface area contributed by atoms with Crippen molar-refractivity contribution < 1.29 is 4.42 Å².